The first-order chi connectivity index (χ1) is 12.6. The average Bonchev–Trinajstić information content (AvgIpc) is 3.08. The predicted molar refractivity (Wildman–Crippen MR) is 102 cm³/mol. The molecule has 4 rings (SSSR count). The van der Waals surface area contributed by atoms with Crippen LogP contribution in [0.5, 0.6) is 0 Å². The summed E-state index contributed by atoms with van der Waals surface area (Å²) in [7, 11) is 0. The van der Waals surface area contributed by atoms with Gasteiger partial charge in [-0.15, -0.1) is 0 Å². The van der Waals surface area contributed by atoms with Crippen LogP contribution in [0.2, 0.25) is 0 Å². The Hall–Kier alpha value is -1.85. The van der Waals surface area contributed by atoms with Crippen molar-refractivity contribution in [3.05, 3.63) is 17.6 Å². The van der Waals surface area contributed by atoms with Crippen LogP contribution in [0.25, 0.3) is 0 Å². The maximum absolute atomic E-state index is 12.7. The number of anilines is 1. The molecule has 26 heavy (non-hydrogen) atoms. The van der Waals surface area contributed by atoms with E-state index in [1.165, 1.54) is 31.2 Å². The van der Waals surface area contributed by atoms with Crippen molar-refractivity contribution in [3.8, 4) is 0 Å². The molecule has 142 valence electrons. The molecule has 1 aromatic rings. The third-order valence-corrected chi connectivity index (χ3v) is 6.57. The average molecular weight is 358 g/mol. The molecule has 2 aliphatic heterocycles. The zero-order valence-corrected chi connectivity index (χ0v) is 16.1. The quantitative estimate of drug-likeness (QED) is 0.827. The molecule has 1 N–H and O–H groups in total. The number of urea groups is 1. The van der Waals surface area contributed by atoms with Gasteiger partial charge in [0.1, 0.15) is 12.1 Å². The summed E-state index contributed by atoms with van der Waals surface area (Å²) in [6.07, 6.45) is 9.10. The van der Waals surface area contributed by atoms with Crippen molar-refractivity contribution in [2.24, 2.45) is 11.8 Å². The van der Waals surface area contributed by atoms with Crippen molar-refractivity contribution in [3.63, 3.8) is 0 Å². The SMILES string of the molecule is Cc1ncnc(N2CC3CN(C(=O)NC4CCCCCC4)CC3C2)c1C. The smallest absolute Gasteiger partial charge is 0.317 e. The molecule has 0 bridgehead atoms. The molecule has 0 radical (unpaired) electrons. The summed E-state index contributed by atoms with van der Waals surface area (Å²) in [5.74, 6) is 2.19. The van der Waals surface area contributed by atoms with Crippen molar-refractivity contribution in [2.45, 2.75) is 58.4 Å². The molecule has 6 nitrogen and oxygen atoms in total. The number of fused-ring (bicyclic) bond motifs is 1. The van der Waals surface area contributed by atoms with Crippen molar-refractivity contribution in [1.29, 1.82) is 0 Å². The second-order valence-electron chi connectivity index (χ2n) is 8.38. The number of hydrogen-bond acceptors (Lipinski definition) is 4. The first kappa shape index (κ1) is 17.6. The number of nitrogens with zero attached hydrogens (tertiary/aromatic N) is 4. The molecule has 3 aliphatic rings. The zero-order chi connectivity index (χ0) is 18.1. The molecule has 0 aromatic carbocycles. The van der Waals surface area contributed by atoms with Gasteiger partial charge in [-0.2, -0.15) is 0 Å². The predicted octanol–water partition coefficient (Wildman–Crippen LogP) is 2.89. The highest BCUT2D eigenvalue weighted by Crippen LogP contribution is 2.34. The molecule has 1 saturated carbocycles. The van der Waals surface area contributed by atoms with Gasteiger partial charge in [0.2, 0.25) is 0 Å². The summed E-state index contributed by atoms with van der Waals surface area (Å²) in [6.45, 7) is 7.89. The van der Waals surface area contributed by atoms with E-state index in [0.29, 0.717) is 17.9 Å². The molecule has 1 aromatic heterocycles. The van der Waals surface area contributed by atoms with E-state index in [1.54, 1.807) is 6.33 Å². The van der Waals surface area contributed by atoms with E-state index in [1.807, 2.05) is 6.92 Å². The van der Waals surface area contributed by atoms with Crippen LogP contribution in [0.1, 0.15) is 49.8 Å². The third kappa shape index (κ3) is 3.51. The van der Waals surface area contributed by atoms with Gasteiger partial charge < -0.3 is 15.1 Å². The Labute approximate surface area is 156 Å². The maximum atomic E-state index is 12.7. The molecule has 0 spiro atoms. The zero-order valence-electron chi connectivity index (χ0n) is 16.1. The fraction of sp³-hybridized carbons (Fsp3) is 0.750. The van der Waals surface area contributed by atoms with E-state index in [2.05, 4.69) is 32.0 Å². The number of rotatable bonds is 2. The van der Waals surface area contributed by atoms with Crippen LogP contribution in [-0.4, -0.2) is 53.1 Å². The fourth-order valence-corrected chi connectivity index (χ4v) is 4.87. The van der Waals surface area contributed by atoms with Crippen LogP contribution in [0.15, 0.2) is 6.33 Å². The van der Waals surface area contributed by atoms with Gasteiger partial charge in [0.15, 0.2) is 0 Å². The van der Waals surface area contributed by atoms with Gasteiger partial charge in [0.25, 0.3) is 0 Å². The molecule has 6 heteroatoms. The van der Waals surface area contributed by atoms with Crippen molar-refractivity contribution >= 4 is 11.8 Å². The van der Waals surface area contributed by atoms with Crippen LogP contribution < -0.4 is 10.2 Å². The topological polar surface area (TPSA) is 61.4 Å². The van der Waals surface area contributed by atoms with E-state index in [0.717, 1.165) is 50.5 Å². The second-order valence-corrected chi connectivity index (χ2v) is 8.38. The van der Waals surface area contributed by atoms with Gasteiger partial charge in [0.05, 0.1) is 0 Å². The van der Waals surface area contributed by atoms with Crippen LogP contribution >= 0.6 is 0 Å². The van der Waals surface area contributed by atoms with Crippen molar-refractivity contribution in [2.75, 3.05) is 31.1 Å². The molecule has 2 amide bonds. The van der Waals surface area contributed by atoms with Gasteiger partial charge in [-0.25, -0.2) is 14.8 Å². The highest BCUT2D eigenvalue weighted by Gasteiger charge is 2.42. The number of carbonyl (C=O) groups is 1. The second kappa shape index (κ2) is 7.41. The van der Waals surface area contributed by atoms with Crippen molar-refractivity contribution < 1.29 is 4.79 Å². The van der Waals surface area contributed by atoms with Crippen LogP contribution in [0, 0.1) is 25.7 Å². The van der Waals surface area contributed by atoms with Crippen molar-refractivity contribution in [1.82, 2.24) is 20.2 Å². The van der Waals surface area contributed by atoms with Gasteiger partial charge in [-0.1, -0.05) is 25.7 Å². The number of aryl methyl sites for hydroxylation is 1. The number of aromatic nitrogens is 2. The first-order valence-corrected chi connectivity index (χ1v) is 10.2. The number of likely N-dealkylation sites (tertiary alicyclic amines) is 1. The van der Waals surface area contributed by atoms with E-state index < -0.39 is 0 Å². The van der Waals surface area contributed by atoms with Crippen LogP contribution in [0.4, 0.5) is 10.6 Å². The lowest BCUT2D eigenvalue weighted by atomic mass is 10.0. The summed E-state index contributed by atoms with van der Waals surface area (Å²) < 4.78 is 0. The van der Waals surface area contributed by atoms with Gasteiger partial charge in [-0.05, 0) is 26.7 Å². The lowest BCUT2D eigenvalue weighted by Crippen LogP contribution is -2.44. The summed E-state index contributed by atoms with van der Waals surface area (Å²) in [4.78, 5) is 25.9. The highest BCUT2D eigenvalue weighted by molar-refractivity contribution is 5.75. The molecule has 3 fully saturated rings. The Morgan fingerprint density at radius 2 is 1.65 bits per heavy atom. The number of amides is 2. The molecule has 2 unspecified atom stereocenters. The minimum atomic E-state index is 0.159. The Morgan fingerprint density at radius 3 is 2.31 bits per heavy atom. The Bertz CT molecular complexity index is 642. The minimum absolute atomic E-state index is 0.159. The number of hydrogen-bond donors (Lipinski definition) is 1. The lowest BCUT2D eigenvalue weighted by Gasteiger charge is -2.25. The van der Waals surface area contributed by atoms with E-state index in [9.17, 15) is 4.79 Å². The molecule has 1 aliphatic carbocycles. The summed E-state index contributed by atoms with van der Waals surface area (Å²) in [5.41, 5.74) is 2.23. The van der Waals surface area contributed by atoms with E-state index in [4.69, 9.17) is 0 Å². The highest BCUT2D eigenvalue weighted by atomic mass is 16.2. The number of carbonyl (C=O) groups excluding carboxylic acids is 1. The Balaban J connectivity index is 1.33. The molecular weight excluding hydrogens is 326 g/mol. The van der Waals surface area contributed by atoms with E-state index in [-0.39, 0.29) is 6.03 Å². The van der Waals surface area contributed by atoms with Gasteiger partial charge in [0, 0.05) is 55.3 Å². The molecule has 3 heterocycles. The summed E-state index contributed by atoms with van der Waals surface area (Å²) in [5, 5.41) is 3.30. The largest absolute Gasteiger partial charge is 0.356 e. The maximum Gasteiger partial charge on any atom is 0.317 e. The third-order valence-electron chi connectivity index (χ3n) is 6.57. The summed E-state index contributed by atoms with van der Waals surface area (Å²) >= 11 is 0. The first-order valence-electron chi connectivity index (χ1n) is 10.2. The molecule has 2 atom stereocenters. The minimum Gasteiger partial charge on any atom is -0.356 e. The van der Waals surface area contributed by atoms with Gasteiger partial charge >= 0.3 is 6.03 Å². The van der Waals surface area contributed by atoms with Gasteiger partial charge in [-0.3, -0.25) is 0 Å². The number of nitrogens with one attached hydrogen (secondary N) is 1. The van der Waals surface area contributed by atoms with Crippen LogP contribution in [0.3, 0.4) is 0 Å². The summed E-state index contributed by atoms with van der Waals surface area (Å²) in [6, 6.07) is 0.542. The standard InChI is InChI=1S/C20H31N5O/c1-14-15(2)21-13-22-19(14)24-9-16-11-25(12-17(16)10-24)20(26)23-18-7-5-3-4-6-8-18/h13,16-18H,3-12H2,1-2H3,(H,23,26). The molecule has 2 saturated heterocycles. The van der Waals surface area contributed by atoms with E-state index >= 15 is 0 Å². The lowest BCUT2D eigenvalue weighted by molar-refractivity contribution is 0.200. The van der Waals surface area contributed by atoms with Crippen LogP contribution in [-0.2, 0) is 0 Å². The monoisotopic (exact) mass is 357 g/mol. The Kier molecular flexibility index (Phi) is 5.00. The Morgan fingerprint density at radius 1 is 1.00 bits per heavy atom. The fourth-order valence-electron chi connectivity index (χ4n) is 4.87. The molecular formula is C20H31N5O. The normalized spacial score (nSPS) is 26.7.